The number of benzene rings is 1. The number of nitrogen functional groups attached to an aromatic ring is 1. The molecule has 1 aliphatic carbocycles. The monoisotopic (exact) mass is 476 g/mol. The quantitative estimate of drug-likeness (QED) is 0.310. The minimum absolute atomic E-state index is 0.0633. The van der Waals surface area contributed by atoms with Gasteiger partial charge in [-0.25, -0.2) is 9.37 Å². The molecule has 3 unspecified atom stereocenters. The van der Waals surface area contributed by atoms with E-state index in [1.165, 1.54) is 31.4 Å². The first-order chi connectivity index (χ1) is 15.3. The van der Waals surface area contributed by atoms with E-state index in [1.807, 2.05) is 12.3 Å². The second-order valence-corrected chi connectivity index (χ2v) is 9.39. The van der Waals surface area contributed by atoms with E-state index < -0.39 is 11.9 Å². The van der Waals surface area contributed by atoms with Crippen molar-refractivity contribution in [2.45, 2.75) is 58.1 Å². The van der Waals surface area contributed by atoms with Gasteiger partial charge < -0.3 is 10.5 Å². The SMILES string of the molecule is CC1CCCC(n2cc(-c3cnc(N)c(OC(C)c4c(Cl)ccc(F)c4Cl)c3)cn2)CC1. The van der Waals surface area contributed by atoms with Crippen molar-refractivity contribution in [3.63, 3.8) is 0 Å². The number of nitrogens with two attached hydrogens (primary N) is 1. The predicted octanol–water partition coefficient (Wildman–Crippen LogP) is 7.25. The lowest BCUT2D eigenvalue weighted by Crippen LogP contribution is -2.08. The van der Waals surface area contributed by atoms with Crippen LogP contribution in [-0.4, -0.2) is 14.8 Å². The zero-order valence-corrected chi connectivity index (χ0v) is 19.7. The van der Waals surface area contributed by atoms with Gasteiger partial charge in [-0.1, -0.05) is 43.0 Å². The van der Waals surface area contributed by atoms with Crippen LogP contribution in [-0.2, 0) is 0 Å². The summed E-state index contributed by atoms with van der Waals surface area (Å²) in [5.74, 6) is 0.830. The number of hydrogen-bond acceptors (Lipinski definition) is 4. The zero-order valence-electron chi connectivity index (χ0n) is 18.2. The van der Waals surface area contributed by atoms with E-state index in [0.717, 1.165) is 29.9 Å². The molecule has 2 aromatic heterocycles. The van der Waals surface area contributed by atoms with Crippen molar-refractivity contribution >= 4 is 29.0 Å². The van der Waals surface area contributed by atoms with Gasteiger partial charge >= 0.3 is 0 Å². The maximum atomic E-state index is 13.9. The Balaban J connectivity index is 1.56. The molecule has 8 heteroatoms. The first-order valence-electron chi connectivity index (χ1n) is 10.9. The van der Waals surface area contributed by atoms with Crippen molar-refractivity contribution in [1.29, 1.82) is 0 Å². The zero-order chi connectivity index (χ0) is 22.8. The van der Waals surface area contributed by atoms with Crippen LogP contribution in [0.25, 0.3) is 11.1 Å². The Morgan fingerprint density at radius 1 is 1.16 bits per heavy atom. The van der Waals surface area contributed by atoms with E-state index in [-0.39, 0.29) is 10.8 Å². The summed E-state index contributed by atoms with van der Waals surface area (Å²) < 4.78 is 22.0. The fourth-order valence-electron chi connectivity index (χ4n) is 4.29. The molecule has 170 valence electrons. The molecular weight excluding hydrogens is 450 g/mol. The number of hydrogen-bond donors (Lipinski definition) is 1. The molecule has 1 saturated carbocycles. The summed E-state index contributed by atoms with van der Waals surface area (Å²) in [7, 11) is 0. The summed E-state index contributed by atoms with van der Waals surface area (Å²) in [6.45, 7) is 4.06. The third-order valence-electron chi connectivity index (χ3n) is 6.21. The highest BCUT2D eigenvalue weighted by atomic mass is 35.5. The molecule has 3 atom stereocenters. The normalized spacial score (nSPS) is 20.0. The largest absolute Gasteiger partial charge is 0.482 e. The second-order valence-electron chi connectivity index (χ2n) is 8.60. The van der Waals surface area contributed by atoms with E-state index in [2.05, 4.69) is 27.9 Å². The number of nitrogens with zero attached hydrogens (tertiary/aromatic N) is 3. The molecule has 0 amide bonds. The van der Waals surface area contributed by atoms with Crippen LogP contribution in [0.4, 0.5) is 10.2 Å². The lowest BCUT2D eigenvalue weighted by Gasteiger charge is -2.19. The van der Waals surface area contributed by atoms with Crippen molar-refractivity contribution in [1.82, 2.24) is 14.8 Å². The van der Waals surface area contributed by atoms with Gasteiger partial charge in [0, 0.05) is 34.1 Å². The van der Waals surface area contributed by atoms with Crippen molar-refractivity contribution in [2.24, 2.45) is 5.92 Å². The van der Waals surface area contributed by atoms with E-state index in [1.54, 1.807) is 13.1 Å². The summed E-state index contributed by atoms with van der Waals surface area (Å²) in [5.41, 5.74) is 8.20. The first-order valence-corrected chi connectivity index (χ1v) is 11.7. The van der Waals surface area contributed by atoms with Gasteiger partial charge in [-0.2, -0.15) is 5.10 Å². The van der Waals surface area contributed by atoms with Crippen LogP contribution in [0.15, 0.2) is 36.8 Å². The summed E-state index contributed by atoms with van der Waals surface area (Å²) in [6, 6.07) is 4.92. The smallest absolute Gasteiger partial charge is 0.166 e. The van der Waals surface area contributed by atoms with Gasteiger partial charge in [0.05, 0.1) is 17.3 Å². The average Bonchev–Trinajstić information content (AvgIpc) is 3.15. The summed E-state index contributed by atoms with van der Waals surface area (Å²) in [4.78, 5) is 4.29. The van der Waals surface area contributed by atoms with Crippen LogP contribution in [0, 0.1) is 11.7 Å². The Kier molecular flexibility index (Phi) is 6.91. The fraction of sp³-hybridized carbons (Fsp3) is 0.417. The van der Waals surface area contributed by atoms with E-state index >= 15 is 0 Å². The van der Waals surface area contributed by atoms with Crippen molar-refractivity contribution in [2.75, 3.05) is 5.73 Å². The molecule has 32 heavy (non-hydrogen) atoms. The van der Waals surface area contributed by atoms with Crippen LogP contribution in [0.5, 0.6) is 5.75 Å². The van der Waals surface area contributed by atoms with E-state index in [0.29, 0.717) is 22.4 Å². The van der Waals surface area contributed by atoms with Gasteiger partial charge in [0.25, 0.3) is 0 Å². The molecule has 5 nitrogen and oxygen atoms in total. The van der Waals surface area contributed by atoms with E-state index in [9.17, 15) is 4.39 Å². The van der Waals surface area contributed by atoms with Gasteiger partial charge in [-0.05, 0) is 50.3 Å². The minimum atomic E-state index is -0.624. The standard InChI is InChI=1S/C24H27Cl2FN4O/c1-14-4-3-5-18(7-6-14)31-13-17(12-30-31)16-10-21(24(28)29-11-16)32-15(2)22-19(25)8-9-20(27)23(22)26/h8-15,18H,3-7H2,1-2H3,(H2,28,29). The third kappa shape index (κ3) is 4.86. The Morgan fingerprint density at radius 3 is 2.78 bits per heavy atom. The van der Waals surface area contributed by atoms with Crippen LogP contribution in [0.3, 0.4) is 0 Å². The first kappa shape index (κ1) is 22.9. The lowest BCUT2D eigenvalue weighted by atomic mass is 10.0. The van der Waals surface area contributed by atoms with Gasteiger partial charge in [0.15, 0.2) is 11.6 Å². The Hall–Kier alpha value is -2.31. The fourth-order valence-corrected chi connectivity index (χ4v) is 4.97. The molecule has 3 aromatic rings. The lowest BCUT2D eigenvalue weighted by molar-refractivity contribution is 0.227. The Labute approximate surface area is 197 Å². The molecule has 4 rings (SSSR count). The molecule has 0 aliphatic heterocycles. The highest BCUT2D eigenvalue weighted by Gasteiger charge is 2.21. The van der Waals surface area contributed by atoms with E-state index in [4.69, 9.17) is 33.7 Å². The number of anilines is 1. The van der Waals surface area contributed by atoms with Gasteiger partial charge in [-0.3, -0.25) is 4.68 Å². The number of aromatic nitrogens is 3. The maximum absolute atomic E-state index is 13.9. The van der Waals surface area contributed by atoms with Crippen LogP contribution in [0.2, 0.25) is 10.0 Å². The summed E-state index contributed by atoms with van der Waals surface area (Å²) in [5, 5.41) is 4.88. The summed E-state index contributed by atoms with van der Waals surface area (Å²) in [6.07, 6.45) is 11.0. The van der Waals surface area contributed by atoms with Crippen molar-refractivity contribution < 1.29 is 9.13 Å². The van der Waals surface area contributed by atoms with Crippen molar-refractivity contribution in [3.8, 4) is 16.9 Å². The van der Waals surface area contributed by atoms with Gasteiger partial charge in [0.2, 0.25) is 0 Å². The van der Waals surface area contributed by atoms with Gasteiger partial charge in [-0.15, -0.1) is 0 Å². The molecule has 2 N–H and O–H groups in total. The highest BCUT2D eigenvalue weighted by Crippen LogP contribution is 2.37. The number of halogens is 3. The van der Waals surface area contributed by atoms with Crippen LogP contribution in [0.1, 0.15) is 63.7 Å². The molecule has 1 aromatic carbocycles. The number of ether oxygens (including phenoxy) is 1. The topological polar surface area (TPSA) is 66.0 Å². The number of pyridine rings is 1. The Bertz CT molecular complexity index is 1100. The molecule has 0 bridgehead atoms. The minimum Gasteiger partial charge on any atom is -0.482 e. The summed E-state index contributed by atoms with van der Waals surface area (Å²) >= 11 is 12.4. The Morgan fingerprint density at radius 2 is 1.97 bits per heavy atom. The maximum Gasteiger partial charge on any atom is 0.166 e. The highest BCUT2D eigenvalue weighted by molar-refractivity contribution is 6.36. The molecule has 1 aliphatic rings. The van der Waals surface area contributed by atoms with Crippen LogP contribution < -0.4 is 10.5 Å². The molecule has 0 spiro atoms. The predicted molar refractivity (Wildman–Crippen MR) is 127 cm³/mol. The second kappa shape index (κ2) is 9.67. The molecule has 2 heterocycles. The molecular formula is C24H27Cl2FN4O. The number of rotatable bonds is 5. The average molecular weight is 477 g/mol. The van der Waals surface area contributed by atoms with Crippen LogP contribution >= 0.6 is 23.2 Å². The molecule has 1 fully saturated rings. The third-order valence-corrected chi connectivity index (χ3v) is 6.92. The van der Waals surface area contributed by atoms with Gasteiger partial charge in [0.1, 0.15) is 11.9 Å². The van der Waals surface area contributed by atoms with Crippen molar-refractivity contribution in [3.05, 3.63) is 58.2 Å². The molecule has 0 radical (unpaired) electrons. The molecule has 0 saturated heterocycles.